The van der Waals surface area contributed by atoms with Gasteiger partial charge < -0.3 is 20.1 Å². The third kappa shape index (κ3) is 11.2. The Hall–Kier alpha value is -3.10. The Bertz CT molecular complexity index is 925. The first-order chi connectivity index (χ1) is 18.1. The van der Waals surface area contributed by atoms with E-state index >= 15 is 0 Å². The fourth-order valence-corrected chi connectivity index (χ4v) is 4.33. The highest BCUT2D eigenvalue weighted by Crippen LogP contribution is 2.36. The second kappa shape index (κ2) is 18.2. The molecule has 0 bridgehead atoms. The Labute approximate surface area is 221 Å². The van der Waals surface area contributed by atoms with Gasteiger partial charge in [0.1, 0.15) is 17.8 Å². The zero-order chi connectivity index (χ0) is 26.7. The average Bonchev–Trinajstić information content (AvgIpc) is 2.91. The predicted molar refractivity (Wildman–Crippen MR) is 150 cm³/mol. The molecular formula is C28H45N5O4. The maximum absolute atomic E-state index is 11.8. The first-order valence-corrected chi connectivity index (χ1v) is 13.8. The van der Waals surface area contributed by atoms with Crippen LogP contribution in [0.2, 0.25) is 0 Å². The number of hydrogen-bond acceptors (Lipinski definition) is 8. The highest BCUT2D eigenvalue weighted by molar-refractivity contribution is 5.76. The number of benzene rings is 1. The molecule has 0 fully saturated rings. The van der Waals surface area contributed by atoms with Gasteiger partial charge in [-0.3, -0.25) is 10.1 Å². The quantitative estimate of drug-likeness (QED) is 0.0976. The average molecular weight is 516 g/mol. The molecule has 2 N–H and O–H groups in total. The molecule has 0 spiro atoms. The first kappa shape index (κ1) is 30.1. The molecule has 2 aromatic rings. The van der Waals surface area contributed by atoms with Gasteiger partial charge >= 0.3 is 5.69 Å². The molecule has 0 saturated carbocycles. The predicted octanol–water partition coefficient (Wildman–Crippen LogP) is 8.04. The van der Waals surface area contributed by atoms with Crippen molar-refractivity contribution in [2.45, 2.75) is 96.8 Å². The summed E-state index contributed by atoms with van der Waals surface area (Å²) < 4.78 is 10.6. The van der Waals surface area contributed by atoms with Crippen LogP contribution in [0, 0.1) is 10.1 Å². The molecule has 1 aromatic heterocycles. The van der Waals surface area contributed by atoms with E-state index in [4.69, 9.17) is 9.47 Å². The van der Waals surface area contributed by atoms with E-state index in [1.165, 1.54) is 90.5 Å². The Morgan fingerprint density at radius 1 is 0.811 bits per heavy atom. The highest BCUT2D eigenvalue weighted by atomic mass is 16.6. The Morgan fingerprint density at radius 2 is 1.38 bits per heavy atom. The minimum Gasteiger partial charge on any atom is -0.497 e. The van der Waals surface area contributed by atoms with E-state index in [0.717, 1.165) is 12.8 Å². The Kier molecular flexibility index (Phi) is 14.8. The van der Waals surface area contributed by atoms with Crippen LogP contribution in [0.15, 0.2) is 24.5 Å². The molecule has 0 atom stereocenters. The number of aromatic nitrogens is 2. The summed E-state index contributed by atoms with van der Waals surface area (Å²) in [6, 6.07) is 5.17. The molecule has 0 aliphatic rings. The molecule has 0 aliphatic heterocycles. The molecule has 0 radical (unpaired) electrons. The maximum Gasteiger partial charge on any atom is 0.353 e. The number of ether oxygens (including phenoxy) is 2. The monoisotopic (exact) mass is 515 g/mol. The molecule has 1 heterocycles. The molecule has 37 heavy (non-hydrogen) atoms. The van der Waals surface area contributed by atoms with Gasteiger partial charge in [0.25, 0.3) is 0 Å². The first-order valence-electron chi connectivity index (χ1n) is 13.8. The summed E-state index contributed by atoms with van der Waals surface area (Å²) in [4.78, 5) is 19.6. The number of nitro groups is 1. The van der Waals surface area contributed by atoms with Crippen LogP contribution in [0.1, 0.15) is 96.8 Å². The van der Waals surface area contributed by atoms with Crippen molar-refractivity contribution in [3.05, 3.63) is 34.6 Å². The zero-order valence-corrected chi connectivity index (χ0v) is 22.9. The van der Waals surface area contributed by atoms with Gasteiger partial charge in [0.05, 0.1) is 24.8 Å². The van der Waals surface area contributed by atoms with Crippen molar-refractivity contribution in [3.63, 3.8) is 0 Å². The van der Waals surface area contributed by atoms with Crippen molar-refractivity contribution >= 4 is 23.0 Å². The SMILES string of the molecule is CCCCCCCCCCCCCCCCNc1ncnc(Nc2ccc(OC)cc2OC)c1[N+](=O)[O-]. The molecule has 1 aromatic carbocycles. The minimum atomic E-state index is -0.466. The van der Waals surface area contributed by atoms with Gasteiger partial charge in [-0.1, -0.05) is 90.4 Å². The number of nitrogens with one attached hydrogen (secondary N) is 2. The van der Waals surface area contributed by atoms with Gasteiger partial charge in [-0.25, -0.2) is 9.97 Å². The van der Waals surface area contributed by atoms with Crippen LogP contribution >= 0.6 is 0 Å². The van der Waals surface area contributed by atoms with Crippen LogP contribution < -0.4 is 20.1 Å². The van der Waals surface area contributed by atoms with Gasteiger partial charge in [0, 0.05) is 12.6 Å². The smallest absolute Gasteiger partial charge is 0.353 e. The van der Waals surface area contributed by atoms with Crippen LogP contribution in [-0.4, -0.2) is 35.7 Å². The number of unbranched alkanes of at least 4 members (excludes halogenated alkanes) is 13. The van der Waals surface area contributed by atoms with Crippen LogP contribution in [-0.2, 0) is 0 Å². The van der Waals surface area contributed by atoms with Crippen molar-refractivity contribution in [2.75, 3.05) is 31.4 Å². The fourth-order valence-electron chi connectivity index (χ4n) is 4.33. The second-order valence-electron chi connectivity index (χ2n) is 9.39. The standard InChI is InChI=1S/C28H45N5O4/c1-4-5-6-7-8-9-10-11-12-13-14-15-16-17-20-29-27-26(33(34)35)28(31-22-30-27)32-24-19-18-23(36-2)21-25(24)37-3/h18-19,21-22H,4-17,20H2,1-3H3,(H2,29,30,31,32). The lowest BCUT2D eigenvalue weighted by Crippen LogP contribution is -2.09. The number of nitrogens with zero attached hydrogens (tertiary/aromatic N) is 3. The van der Waals surface area contributed by atoms with E-state index in [1.807, 2.05) is 0 Å². The maximum atomic E-state index is 11.8. The van der Waals surface area contributed by atoms with E-state index in [0.29, 0.717) is 23.7 Å². The van der Waals surface area contributed by atoms with E-state index in [1.54, 1.807) is 25.3 Å². The molecule has 2 rings (SSSR count). The summed E-state index contributed by atoms with van der Waals surface area (Å²) in [5.74, 6) is 1.43. The van der Waals surface area contributed by atoms with Crippen molar-refractivity contribution in [1.29, 1.82) is 0 Å². The summed E-state index contributed by atoms with van der Waals surface area (Å²) >= 11 is 0. The Balaban J connectivity index is 1.71. The number of hydrogen-bond donors (Lipinski definition) is 2. The number of methoxy groups -OCH3 is 2. The number of anilines is 3. The summed E-state index contributed by atoms with van der Waals surface area (Å²) in [5, 5.41) is 18.0. The van der Waals surface area contributed by atoms with Crippen LogP contribution in [0.5, 0.6) is 11.5 Å². The largest absolute Gasteiger partial charge is 0.497 e. The van der Waals surface area contributed by atoms with E-state index in [9.17, 15) is 10.1 Å². The van der Waals surface area contributed by atoms with Gasteiger partial charge in [0.2, 0.25) is 11.6 Å². The summed E-state index contributed by atoms with van der Waals surface area (Å²) in [6.07, 6.45) is 19.4. The lowest BCUT2D eigenvalue weighted by Gasteiger charge is -2.13. The Morgan fingerprint density at radius 3 is 1.92 bits per heavy atom. The van der Waals surface area contributed by atoms with Gasteiger partial charge in [-0.15, -0.1) is 0 Å². The fraction of sp³-hybridized carbons (Fsp3) is 0.643. The molecule has 0 unspecified atom stereocenters. The van der Waals surface area contributed by atoms with Crippen LogP contribution in [0.4, 0.5) is 23.0 Å². The van der Waals surface area contributed by atoms with Gasteiger partial charge in [-0.05, 0) is 18.6 Å². The summed E-state index contributed by atoms with van der Waals surface area (Å²) in [7, 11) is 3.09. The molecule has 0 aliphatic carbocycles. The van der Waals surface area contributed by atoms with Gasteiger partial charge in [0.15, 0.2) is 0 Å². The van der Waals surface area contributed by atoms with Crippen molar-refractivity contribution in [2.24, 2.45) is 0 Å². The van der Waals surface area contributed by atoms with Gasteiger partial charge in [-0.2, -0.15) is 0 Å². The molecule has 9 nitrogen and oxygen atoms in total. The third-order valence-corrected chi connectivity index (χ3v) is 6.49. The topological polar surface area (TPSA) is 111 Å². The van der Waals surface area contributed by atoms with Crippen molar-refractivity contribution in [3.8, 4) is 11.5 Å². The highest BCUT2D eigenvalue weighted by Gasteiger charge is 2.23. The molecule has 206 valence electrons. The molecule has 0 saturated heterocycles. The third-order valence-electron chi connectivity index (χ3n) is 6.49. The van der Waals surface area contributed by atoms with Crippen LogP contribution in [0.3, 0.4) is 0 Å². The summed E-state index contributed by atoms with van der Waals surface area (Å²) in [6.45, 7) is 2.89. The molecular weight excluding hydrogens is 470 g/mol. The van der Waals surface area contributed by atoms with E-state index < -0.39 is 4.92 Å². The summed E-state index contributed by atoms with van der Waals surface area (Å²) in [5.41, 5.74) is 0.355. The molecule has 9 heteroatoms. The van der Waals surface area contributed by atoms with Crippen molar-refractivity contribution in [1.82, 2.24) is 9.97 Å². The normalized spacial score (nSPS) is 10.8. The number of rotatable bonds is 21. The zero-order valence-electron chi connectivity index (χ0n) is 22.9. The van der Waals surface area contributed by atoms with Crippen molar-refractivity contribution < 1.29 is 14.4 Å². The van der Waals surface area contributed by atoms with Crippen LogP contribution in [0.25, 0.3) is 0 Å². The van der Waals surface area contributed by atoms with E-state index in [-0.39, 0.29) is 17.3 Å². The second-order valence-corrected chi connectivity index (χ2v) is 9.39. The van der Waals surface area contributed by atoms with E-state index in [2.05, 4.69) is 27.5 Å². The lowest BCUT2D eigenvalue weighted by atomic mass is 10.0. The minimum absolute atomic E-state index is 0.104. The molecule has 0 amide bonds. The lowest BCUT2D eigenvalue weighted by molar-refractivity contribution is -0.383.